The van der Waals surface area contributed by atoms with E-state index in [-0.39, 0.29) is 23.8 Å². The number of amides is 1. The third-order valence-electron chi connectivity index (χ3n) is 4.76. The molecule has 2 aromatic rings. The number of hydrogen-bond acceptors (Lipinski definition) is 5. The van der Waals surface area contributed by atoms with E-state index < -0.39 is 0 Å². The summed E-state index contributed by atoms with van der Waals surface area (Å²) in [6, 6.07) is 13.9. The molecule has 0 aliphatic carbocycles. The first kappa shape index (κ1) is 19.6. The molecule has 1 aromatic heterocycles. The highest BCUT2D eigenvalue weighted by Crippen LogP contribution is 2.26. The first-order chi connectivity index (χ1) is 13.2. The molecule has 0 spiro atoms. The number of nitrogens with zero attached hydrogens (tertiary/aromatic N) is 1. The predicted octanol–water partition coefficient (Wildman–Crippen LogP) is 3.23. The lowest BCUT2D eigenvalue weighted by Crippen LogP contribution is -2.45. The molecule has 1 aliphatic rings. The zero-order valence-corrected chi connectivity index (χ0v) is 16.4. The maximum absolute atomic E-state index is 12.7. The topological polar surface area (TPSA) is 58.6 Å². The van der Waals surface area contributed by atoms with Crippen LogP contribution in [0.15, 0.2) is 47.8 Å². The number of thiophene rings is 1. The summed E-state index contributed by atoms with van der Waals surface area (Å²) in [5.74, 6) is -0.307. The van der Waals surface area contributed by atoms with Gasteiger partial charge in [0.05, 0.1) is 25.1 Å². The van der Waals surface area contributed by atoms with Gasteiger partial charge in [-0.05, 0) is 43.3 Å². The number of nitrogens with one attached hydrogen (secondary N) is 1. The highest BCUT2D eigenvalue weighted by atomic mass is 32.1. The lowest BCUT2D eigenvalue weighted by Gasteiger charge is -2.31. The Morgan fingerprint density at radius 3 is 2.78 bits per heavy atom. The summed E-state index contributed by atoms with van der Waals surface area (Å²) in [5, 5.41) is 5.19. The second-order valence-corrected chi connectivity index (χ2v) is 7.73. The van der Waals surface area contributed by atoms with Gasteiger partial charge in [-0.1, -0.05) is 36.4 Å². The van der Waals surface area contributed by atoms with E-state index in [1.807, 2.05) is 54.8 Å². The Hall–Kier alpha value is -2.18. The molecule has 2 atom stereocenters. The SMILES string of the molecule is CCOC(=O)[C@@H]1CCCN(CC(=O)N[C@@H](c2ccccc2)c2cccs2)C1. The molecular weight excluding hydrogens is 360 g/mol. The van der Waals surface area contributed by atoms with Crippen LogP contribution in [0.1, 0.15) is 36.2 Å². The second-order valence-electron chi connectivity index (χ2n) is 6.75. The molecule has 27 heavy (non-hydrogen) atoms. The van der Waals surface area contributed by atoms with Gasteiger partial charge in [-0.25, -0.2) is 0 Å². The predicted molar refractivity (Wildman–Crippen MR) is 107 cm³/mol. The number of rotatable bonds is 7. The Kier molecular flexibility index (Phi) is 7.01. The highest BCUT2D eigenvalue weighted by molar-refractivity contribution is 7.10. The summed E-state index contributed by atoms with van der Waals surface area (Å²) in [6.45, 7) is 3.93. The van der Waals surface area contributed by atoms with Crippen LogP contribution in [0.3, 0.4) is 0 Å². The Labute approximate surface area is 164 Å². The lowest BCUT2D eigenvalue weighted by atomic mass is 9.98. The van der Waals surface area contributed by atoms with E-state index >= 15 is 0 Å². The van der Waals surface area contributed by atoms with Gasteiger partial charge < -0.3 is 10.1 Å². The van der Waals surface area contributed by atoms with Crippen LogP contribution in [0.2, 0.25) is 0 Å². The van der Waals surface area contributed by atoms with Crippen molar-refractivity contribution in [1.29, 1.82) is 0 Å². The molecule has 1 amide bonds. The zero-order chi connectivity index (χ0) is 19.1. The van der Waals surface area contributed by atoms with Gasteiger partial charge >= 0.3 is 5.97 Å². The molecule has 1 fully saturated rings. The smallest absolute Gasteiger partial charge is 0.310 e. The third kappa shape index (κ3) is 5.40. The van der Waals surface area contributed by atoms with Gasteiger partial charge in [0.2, 0.25) is 5.91 Å². The zero-order valence-electron chi connectivity index (χ0n) is 15.6. The first-order valence-corrected chi connectivity index (χ1v) is 10.3. The van der Waals surface area contributed by atoms with Crippen LogP contribution >= 0.6 is 11.3 Å². The average molecular weight is 387 g/mol. The van der Waals surface area contributed by atoms with Crippen molar-refractivity contribution >= 4 is 23.2 Å². The summed E-state index contributed by atoms with van der Waals surface area (Å²) >= 11 is 1.63. The van der Waals surface area contributed by atoms with Crippen molar-refractivity contribution in [3.05, 3.63) is 58.3 Å². The largest absolute Gasteiger partial charge is 0.466 e. The Balaban J connectivity index is 1.62. The van der Waals surface area contributed by atoms with E-state index in [9.17, 15) is 9.59 Å². The number of ether oxygens (including phenoxy) is 1. The quantitative estimate of drug-likeness (QED) is 0.743. The molecule has 3 rings (SSSR count). The summed E-state index contributed by atoms with van der Waals surface area (Å²) < 4.78 is 5.14. The molecule has 1 saturated heterocycles. The molecular formula is C21H26N2O3S. The minimum atomic E-state index is -0.150. The van der Waals surface area contributed by atoms with E-state index in [0.717, 1.165) is 29.8 Å². The van der Waals surface area contributed by atoms with Gasteiger partial charge in [0.15, 0.2) is 0 Å². The van der Waals surface area contributed by atoms with Gasteiger partial charge in [-0.2, -0.15) is 0 Å². The van der Waals surface area contributed by atoms with E-state index in [0.29, 0.717) is 19.7 Å². The molecule has 0 radical (unpaired) electrons. The molecule has 0 saturated carbocycles. The molecule has 1 N–H and O–H groups in total. The number of piperidine rings is 1. The van der Waals surface area contributed by atoms with Crippen LogP contribution in [0.4, 0.5) is 0 Å². The number of likely N-dealkylation sites (tertiary alicyclic amines) is 1. The van der Waals surface area contributed by atoms with E-state index in [2.05, 4.69) is 10.2 Å². The number of esters is 1. The van der Waals surface area contributed by atoms with Gasteiger partial charge in [-0.15, -0.1) is 11.3 Å². The normalized spacial score (nSPS) is 18.6. The fourth-order valence-electron chi connectivity index (χ4n) is 3.48. The first-order valence-electron chi connectivity index (χ1n) is 9.44. The number of carbonyl (C=O) groups is 2. The van der Waals surface area contributed by atoms with Gasteiger partial charge in [0.1, 0.15) is 0 Å². The Morgan fingerprint density at radius 1 is 1.26 bits per heavy atom. The van der Waals surface area contributed by atoms with Crippen molar-refractivity contribution in [3.8, 4) is 0 Å². The third-order valence-corrected chi connectivity index (χ3v) is 5.70. The van der Waals surface area contributed by atoms with Crippen LogP contribution in [0.5, 0.6) is 0 Å². The van der Waals surface area contributed by atoms with Gasteiger partial charge in [-0.3, -0.25) is 14.5 Å². The summed E-state index contributed by atoms with van der Waals surface area (Å²) in [4.78, 5) is 27.9. The summed E-state index contributed by atoms with van der Waals surface area (Å²) in [7, 11) is 0. The molecule has 144 valence electrons. The standard InChI is InChI=1S/C21H26N2O3S/c1-2-26-21(25)17-10-6-12-23(14-17)15-19(24)22-20(18-11-7-13-27-18)16-8-4-3-5-9-16/h3-5,7-9,11,13,17,20H,2,6,10,12,14-15H2,1H3,(H,22,24)/t17-,20+/m1/s1. The van der Waals surface area contributed by atoms with Crippen molar-refractivity contribution < 1.29 is 14.3 Å². The molecule has 5 nitrogen and oxygen atoms in total. The number of carbonyl (C=O) groups excluding carboxylic acids is 2. The van der Waals surface area contributed by atoms with Crippen LogP contribution in [-0.2, 0) is 14.3 Å². The Morgan fingerprint density at radius 2 is 2.07 bits per heavy atom. The minimum Gasteiger partial charge on any atom is -0.466 e. The minimum absolute atomic E-state index is 0.0261. The van der Waals surface area contributed by atoms with Crippen LogP contribution < -0.4 is 5.32 Å². The van der Waals surface area contributed by atoms with Crippen molar-refractivity contribution in [2.24, 2.45) is 5.92 Å². The summed E-state index contributed by atoms with van der Waals surface area (Å²) in [6.07, 6.45) is 1.74. The fourth-order valence-corrected chi connectivity index (χ4v) is 4.28. The van der Waals surface area contributed by atoms with Crippen LogP contribution in [0.25, 0.3) is 0 Å². The fraction of sp³-hybridized carbons (Fsp3) is 0.429. The van der Waals surface area contributed by atoms with Gasteiger partial charge in [0.25, 0.3) is 0 Å². The molecule has 1 aromatic carbocycles. The molecule has 2 heterocycles. The van der Waals surface area contributed by atoms with Crippen LogP contribution in [-0.4, -0.2) is 43.0 Å². The number of benzene rings is 1. The molecule has 0 bridgehead atoms. The van der Waals surface area contributed by atoms with E-state index in [4.69, 9.17) is 4.74 Å². The van der Waals surface area contributed by atoms with Crippen LogP contribution in [0, 0.1) is 5.92 Å². The number of hydrogen-bond donors (Lipinski definition) is 1. The monoisotopic (exact) mass is 386 g/mol. The molecule has 0 unspecified atom stereocenters. The van der Waals surface area contributed by atoms with E-state index in [1.54, 1.807) is 11.3 Å². The molecule has 1 aliphatic heterocycles. The maximum atomic E-state index is 12.7. The highest BCUT2D eigenvalue weighted by Gasteiger charge is 2.28. The molecule has 6 heteroatoms. The maximum Gasteiger partial charge on any atom is 0.310 e. The van der Waals surface area contributed by atoms with Gasteiger partial charge in [0, 0.05) is 11.4 Å². The van der Waals surface area contributed by atoms with Crippen molar-refractivity contribution in [2.75, 3.05) is 26.2 Å². The van der Waals surface area contributed by atoms with E-state index in [1.165, 1.54) is 0 Å². The average Bonchev–Trinajstić information content (AvgIpc) is 3.22. The summed E-state index contributed by atoms with van der Waals surface area (Å²) in [5.41, 5.74) is 1.07. The lowest BCUT2D eigenvalue weighted by molar-refractivity contribution is -0.150. The Bertz CT molecular complexity index is 733. The van der Waals surface area contributed by atoms with Crippen molar-refractivity contribution in [1.82, 2.24) is 10.2 Å². The van der Waals surface area contributed by atoms with Crippen molar-refractivity contribution in [2.45, 2.75) is 25.8 Å². The second kappa shape index (κ2) is 9.67. The van der Waals surface area contributed by atoms with Crippen molar-refractivity contribution in [3.63, 3.8) is 0 Å².